The molecule has 0 fully saturated rings. The van der Waals surface area contributed by atoms with Gasteiger partial charge in [0.15, 0.2) is 0 Å². The quantitative estimate of drug-likeness (QED) is 0.701. The Morgan fingerprint density at radius 2 is 2.20 bits per heavy atom. The van der Waals surface area contributed by atoms with E-state index in [2.05, 4.69) is 0 Å². The summed E-state index contributed by atoms with van der Waals surface area (Å²) in [7, 11) is 0. The summed E-state index contributed by atoms with van der Waals surface area (Å²) in [5, 5.41) is 0. The van der Waals surface area contributed by atoms with Gasteiger partial charge >= 0.3 is 6.09 Å². The van der Waals surface area contributed by atoms with Gasteiger partial charge in [0.25, 0.3) is 0 Å². The summed E-state index contributed by atoms with van der Waals surface area (Å²) in [6.07, 6.45) is -0.318. The van der Waals surface area contributed by atoms with Crippen molar-refractivity contribution < 1.29 is 14.3 Å². The summed E-state index contributed by atoms with van der Waals surface area (Å²) in [6, 6.07) is 7.23. The summed E-state index contributed by atoms with van der Waals surface area (Å²) in [5.41, 5.74) is 1.51. The lowest BCUT2D eigenvalue weighted by Gasteiger charge is -2.14. The third kappa shape index (κ3) is 1.58. The minimum Gasteiger partial charge on any atom is -0.449 e. The minimum atomic E-state index is -0.590. The van der Waals surface area contributed by atoms with E-state index >= 15 is 0 Å². The topological polar surface area (TPSA) is 46.6 Å². The zero-order valence-electron chi connectivity index (χ0n) is 8.40. The van der Waals surface area contributed by atoms with E-state index in [0.717, 1.165) is 10.5 Å². The molecule has 1 aliphatic rings. The molecule has 0 bridgehead atoms. The fourth-order valence-corrected chi connectivity index (χ4v) is 1.64. The van der Waals surface area contributed by atoms with Gasteiger partial charge in [-0.25, -0.2) is 9.69 Å². The zero-order chi connectivity index (χ0) is 10.8. The lowest BCUT2D eigenvalue weighted by atomic mass is 10.2. The van der Waals surface area contributed by atoms with Crippen LogP contribution in [-0.2, 0) is 16.0 Å². The summed E-state index contributed by atoms with van der Waals surface area (Å²) < 4.78 is 4.82. The molecule has 78 valence electrons. The highest BCUT2D eigenvalue weighted by Crippen LogP contribution is 2.28. The average molecular weight is 205 g/mol. The number of benzene rings is 1. The van der Waals surface area contributed by atoms with Crippen molar-refractivity contribution in [1.82, 2.24) is 0 Å². The number of amides is 2. The van der Waals surface area contributed by atoms with Crippen LogP contribution in [0.25, 0.3) is 0 Å². The van der Waals surface area contributed by atoms with Gasteiger partial charge < -0.3 is 4.74 Å². The van der Waals surface area contributed by atoms with Crippen LogP contribution < -0.4 is 4.90 Å². The van der Waals surface area contributed by atoms with Gasteiger partial charge in [-0.15, -0.1) is 0 Å². The fourth-order valence-electron chi connectivity index (χ4n) is 1.64. The number of carbonyl (C=O) groups excluding carboxylic acids is 2. The first kappa shape index (κ1) is 9.71. The molecule has 4 heteroatoms. The first-order valence-corrected chi connectivity index (χ1v) is 4.81. The van der Waals surface area contributed by atoms with E-state index in [-0.39, 0.29) is 18.9 Å². The van der Waals surface area contributed by atoms with Crippen LogP contribution in [-0.4, -0.2) is 18.6 Å². The van der Waals surface area contributed by atoms with Crippen molar-refractivity contribution in [3.8, 4) is 0 Å². The van der Waals surface area contributed by atoms with Gasteiger partial charge in [0.1, 0.15) is 0 Å². The molecule has 2 rings (SSSR count). The molecular weight excluding hydrogens is 194 g/mol. The predicted molar refractivity (Wildman–Crippen MR) is 54.7 cm³/mol. The van der Waals surface area contributed by atoms with Gasteiger partial charge in [0.05, 0.1) is 18.7 Å². The van der Waals surface area contributed by atoms with Crippen molar-refractivity contribution >= 4 is 17.7 Å². The first-order chi connectivity index (χ1) is 7.24. The SMILES string of the molecule is CCOC(=O)N1C(=O)Cc2ccccc21. The average Bonchev–Trinajstić information content (AvgIpc) is 2.54. The molecule has 0 saturated carbocycles. The number of fused-ring (bicyclic) bond motifs is 1. The molecule has 0 aliphatic carbocycles. The summed E-state index contributed by atoms with van der Waals surface area (Å²) in [4.78, 5) is 24.2. The van der Waals surface area contributed by atoms with E-state index in [9.17, 15) is 9.59 Å². The van der Waals surface area contributed by atoms with Crippen molar-refractivity contribution in [2.24, 2.45) is 0 Å². The molecule has 1 heterocycles. The third-order valence-electron chi connectivity index (χ3n) is 2.27. The normalized spacial score (nSPS) is 13.9. The van der Waals surface area contributed by atoms with Gasteiger partial charge in [0.2, 0.25) is 5.91 Å². The number of anilines is 1. The molecule has 4 nitrogen and oxygen atoms in total. The number of nitrogens with zero attached hydrogens (tertiary/aromatic N) is 1. The highest BCUT2D eigenvalue weighted by molar-refractivity contribution is 6.16. The van der Waals surface area contributed by atoms with Crippen molar-refractivity contribution in [2.75, 3.05) is 11.5 Å². The summed E-state index contributed by atoms with van der Waals surface area (Å²) in [6.45, 7) is 1.98. The van der Waals surface area contributed by atoms with E-state index in [4.69, 9.17) is 4.74 Å². The molecule has 1 aromatic rings. The van der Waals surface area contributed by atoms with Crippen molar-refractivity contribution in [3.05, 3.63) is 29.8 Å². The maximum atomic E-state index is 11.6. The molecule has 0 aromatic heterocycles. The number of para-hydroxylation sites is 1. The lowest BCUT2D eigenvalue weighted by molar-refractivity contribution is -0.116. The second-order valence-corrected chi connectivity index (χ2v) is 3.23. The molecule has 0 atom stereocenters. The van der Waals surface area contributed by atoms with Gasteiger partial charge in [-0.1, -0.05) is 18.2 Å². The number of imide groups is 1. The largest absolute Gasteiger partial charge is 0.449 e. The van der Waals surface area contributed by atoms with Crippen LogP contribution >= 0.6 is 0 Å². The standard InChI is InChI=1S/C11H11NO3/c1-2-15-11(14)12-9-6-4-3-5-8(9)7-10(12)13/h3-6H,2,7H2,1H3. The van der Waals surface area contributed by atoms with Crippen LogP contribution in [0.1, 0.15) is 12.5 Å². The summed E-state index contributed by atoms with van der Waals surface area (Å²) >= 11 is 0. The molecule has 0 saturated heterocycles. The Morgan fingerprint density at radius 3 is 2.93 bits per heavy atom. The second-order valence-electron chi connectivity index (χ2n) is 3.23. The highest BCUT2D eigenvalue weighted by atomic mass is 16.6. The Kier molecular flexibility index (Phi) is 2.41. The van der Waals surface area contributed by atoms with Crippen molar-refractivity contribution in [1.29, 1.82) is 0 Å². The Labute approximate surface area is 87.4 Å². The van der Waals surface area contributed by atoms with Crippen LogP contribution in [0.5, 0.6) is 0 Å². The maximum absolute atomic E-state index is 11.6. The smallest absolute Gasteiger partial charge is 0.421 e. The number of hydrogen-bond donors (Lipinski definition) is 0. The Hall–Kier alpha value is -1.84. The van der Waals surface area contributed by atoms with Crippen LogP contribution in [0.4, 0.5) is 10.5 Å². The molecule has 1 aromatic carbocycles. The van der Waals surface area contributed by atoms with Crippen LogP contribution in [0.15, 0.2) is 24.3 Å². The minimum absolute atomic E-state index is 0.227. The van der Waals surface area contributed by atoms with Gasteiger partial charge in [-0.05, 0) is 18.6 Å². The van der Waals surface area contributed by atoms with Crippen molar-refractivity contribution in [2.45, 2.75) is 13.3 Å². The Bertz CT molecular complexity index is 414. The van der Waals surface area contributed by atoms with E-state index in [1.165, 1.54) is 0 Å². The van der Waals surface area contributed by atoms with Gasteiger partial charge in [0, 0.05) is 0 Å². The maximum Gasteiger partial charge on any atom is 0.421 e. The molecule has 1 aliphatic heterocycles. The Balaban J connectivity index is 2.33. The van der Waals surface area contributed by atoms with Crippen LogP contribution in [0, 0.1) is 0 Å². The monoisotopic (exact) mass is 205 g/mol. The fraction of sp³-hybridized carbons (Fsp3) is 0.273. The van der Waals surface area contributed by atoms with E-state index < -0.39 is 6.09 Å². The van der Waals surface area contributed by atoms with Crippen LogP contribution in [0.2, 0.25) is 0 Å². The molecule has 0 unspecified atom stereocenters. The van der Waals surface area contributed by atoms with E-state index in [0.29, 0.717) is 5.69 Å². The van der Waals surface area contributed by atoms with Gasteiger partial charge in [-0.3, -0.25) is 4.79 Å². The molecule has 0 radical (unpaired) electrons. The first-order valence-electron chi connectivity index (χ1n) is 4.81. The van der Waals surface area contributed by atoms with E-state index in [1.807, 2.05) is 12.1 Å². The number of hydrogen-bond acceptors (Lipinski definition) is 3. The molecule has 0 spiro atoms. The van der Waals surface area contributed by atoms with Gasteiger partial charge in [-0.2, -0.15) is 0 Å². The second kappa shape index (κ2) is 3.73. The van der Waals surface area contributed by atoms with Crippen molar-refractivity contribution in [3.63, 3.8) is 0 Å². The summed E-state index contributed by atoms with van der Waals surface area (Å²) in [5.74, 6) is -0.227. The molecule has 15 heavy (non-hydrogen) atoms. The number of carbonyl (C=O) groups is 2. The Morgan fingerprint density at radius 1 is 1.47 bits per heavy atom. The number of ether oxygens (including phenoxy) is 1. The van der Waals surface area contributed by atoms with Crippen LogP contribution in [0.3, 0.4) is 0 Å². The molecular formula is C11H11NO3. The lowest BCUT2D eigenvalue weighted by Crippen LogP contribution is -2.34. The highest BCUT2D eigenvalue weighted by Gasteiger charge is 2.32. The molecule has 0 N–H and O–H groups in total. The number of rotatable bonds is 1. The molecule has 2 amide bonds. The zero-order valence-corrected chi connectivity index (χ0v) is 8.40. The third-order valence-corrected chi connectivity index (χ3v) is 2.27. The predicted octanol–water partition coefficient (Wildman–Crippen LogP) is 1.73. The van der Waals surface area contributed by atoms with E-state index in [1.54, 1.807) is 19.1 Å².